The van der Waals surface area contributed by atoms with Crippen molar-refractivity contribution in [3.05, 3.63) is 0 Å². The first-order chi connectivity index (χ1) is 14.3. The molecule has 0 saturated heterocycles. The highest BCUT2D eigenvalue weighted by molar-refractivity contribution is 5.96. The van der Waals surface area contributed by atoms with Crippen molar-refractivity contribution in [3.8, 4) is 0 Å². The molecule has 5 unspecified atom stereocenters. The first-order valence-corrected chi connectivity index (χ1v) is 9.40. The molecule has 5 atom stereocenters. The molecule has 0 saturated carbocycles. The Morgan fingerprint density at radius 2 is 1.32 bits per heavy atom. The lowest BCUT2D eigenvalue weighted by Crippen LogP contribution is -2.59. The molecular formula is C17H30N6O8. The summed E-state index contributed by atoms with van der Waals surface area (Å²) in [5.74, 6) is -6.70. The van der Waals surface area contributed by atoms with Gasteiger partial charge in [0.05, 0.1) is 19.4 Å². The fourth-order valence-corrected chi connectivity index (χ4v) is 2.39. The van der Waals surface area contributed by atoms with Gasteiger partial charge in [0, 0.05) is 0 Å². The lowest BCUT2D eigenvalue weighted by atomic mass is 9.97. The molecule has 14 heteroatoms. The molecule has 0 bridgehead atoms. The number of carbonyl (C=O) groups excluding carboxylic acids is 5. The molecule has 0 heterocycles. The molecule has 0 spiro atoms. The first-order valence-electron chi connectivity index (χ1n) is 9.40. The minimum atomic E-state index is -1.61. The van der Waals surface area contributed by atoms with Gasteiger partial charge in [-0.05, 0) is 5.92 Å². The van der Waals surface area contributed by atoms with Crippen molar-refractivity contribution in [2.24, 2.45) is 23.1 Å². The van der Waals surface area contributed by atoms with Crippen LogP contribution in [0.3, 0.4) is 0 Å². The molecule has 0 fully saturated rings. The van der Waals surface area contributed by atoms with Crippen molar-refractivity contribution in [1.29, 1.82) is 0 Å². The summed E-state index contributed by atoms with van der Waals surface area (Å²) in [6.07, 6.45) is -0.903. The third-order valence-corrected chi connectivity index (χ3v) is 4.38. The summed E-state index contributed by atoms with van der Waals surface area (Å²) in [5.41, 5.74) is 15.5. The van der Waals surface area contributed by atoms with Crippen LogP contribution in [0.4, 0.5) is 0 Å². The fourth-order valence-electron chi connectivity index (χ4n) is 2.39. The number of aliphatic hydroxyl groups excluding tert-OH is 1. The Bertz CT molecular complexity index is 700. The maximum atomic E-state index is 12.7. The lowest BCUT2D eigenvalue weighted by molar-refractivity contribution is -0.144. The second-order valence-electron chi connectivity index (χ2n) is 6.96. The number of hydrogen-bond donors (Lipinski definition) is 8. The van der Waals surface area contributed by atoms with Gasteiger partial charge in [0.25, 0.3) is 0 Å². The SMILES string of the molecule is CCC(C)C(NC(=O)C(CC(N)=O)NC(=O)C(N)CO)C(=O)NC(CC(N)=O)C(=O)O. The highest BCUT2D eigenvalue weighted by Gasteiger charge is 2.33. The highest BCUT2D eigenvalue weighted by Crippen LogP contribution is 2.10. The van der Waals surface area contributed by atoms with Gasteiger partial charge in [-0.15, -0.1) is 0 Å². The molecule has 0 aliphatic heterocycles. The van der Waals surface area contributed by atoms with E-state index < -0.39 is 85.0 Å². The predicted octanol–water partition coefficient (Wildman–Crippen LogP) is -4.36. The van der Waals surface area contributed by atoms with Crippen LogP contribution in [-0.4, -0.2) is 76.5 Å². The van der Waals surface area contributed by atoms with E-state index in [1.807, 2.05) is 0 Å². The molecule has 31 heavy (non-hydrogen) atoms. The number of aliphatic carboxylic acids is 1. The molecule has 176 valence electrons. The number of nitrogens with one attached hydrogen (secondary N) is 3. The Morgan fingerprint density at radius 3 is 1.74 bits per heavy atom. The van der Waals surface area contributed by atoms with Gasteiger partial charge in [0.15, 0.2) is 0 Å². The summed E-state index contributed by atoms with van der Waals surface area (Å²) in [6.45, 7) is 2.58. The molecule has 5 amide bonds. The fraction of sp³-hybridized carbons (Fsp3) is 0.647. The van der Waals surface area contributed by atoms with E-state index in [0.717, 1.165) is 0 Å². The van der Waals surface area contributed by atoms with Gasteiger partial charge >= 0.3 is 5.97 Å². The van der Waals surface area contributed by atoms with Crippen molar-refractivity contribution in [3.63, 3.8) is 0 Å². The summed E-state index contributed by atoms with van der Waals surface area (Å²) < 4.78 is 0. The molecule has 0 aromatic heterocycles. The number of carbonyl (C=O) groups is 6. The molecule has 14 nitrogen and oxygen atoms in total. The Morgan fingerprint density at radius 1 is 0.839 bits per heavy atom. The van der Waals surface area contributed by atoms with Gasteiger partial charge < -0.3 is 43.4 Å². The Hall–Kier alpha value is -3.26. The minimum absolute atomic E-state index is 0.383. The topological polar surface area (TPSA) is 257 Å². The van der Waals surface area contributed by atoms with Crippen LogP contribution in [0.25, 0.3) is 0 Å². The van der Waals surface area contributed by atoms with Gasteiger partial charge in [-0.25, -0.2) is 4.79 Å². The first kappa shape index (κ1) is 27.7. The summed E-state index contributed by atoms with van der Waals surface area (Å²) in [4.78, 5) is 70.7. The number of amides is 5. The smallest absolute Gasteiger partial charge is 0.326 e. The Labute approximate surface area is 178 Å². The summed E-state index contributed by atoms with van der Waals surface area (Å²) >= 11 is 0. The van der Waals surface area contributed by atoms with Crippen LogP contribution in [0.15, 0.2) is 0 Å². The molecule has 11 N–H and O–H groups in total. The van der Waals surface area contributed by atoms with E-state index in [0.29, 0.717) is 6.42 Å². The van der Waals surface area contributed by atoms with Crippen molar-refractivity contribution >= 4 is 35.5 Å². The quantitative estimate of drug-likeness (QED) is 0.128. The number of nitrogens with two attached hydrogens (primary N) is 3. The monoisotopic (exact) mass is 446 g/mol. The largest absolute Gasteiger partial charge is 0.480 e. The molecule has 0 rings (SSSR count). The van der Waals surface area contributed by atoms with E-state index in [9.17, 15) is 28.8 Å². The molecule has 0 aliphatic rings. The van der Waals surface area contributed by atoms with E-state index in [-0.39, 0.29) is 0 Å². The Balaban J connectivity index is 5.56. The second kappa shape index (κ2) is 13.1. The van der Waals surface area contributed by atoms with Crippen molar-refractivity contribution in [2.45, 2.75) is 57.3 Å². The van der Waals surface area contributed by atoms with Crippen LogP contribution in [-0.2, 0) is 28.8 Å². The number of hydrogen-bond acceptors (Lipinski definition) is 8. The van der Waals surface area contributed by atoms with Crippen LogP contribution in [0.5, 0.6) is 0 Å². The number of rotatable bonds is 14. The standard InChI is InChI=1S/C17H30N6O8/c1-3-7(2)13(16(29)22-10(17(30)31)5-12(20)26)23-15(28)9(4-11(19)25)21-14(27)8(18)6-24/h7-10,13,24H,3-6,18H2,1-2H3,(H2,19,25)(H2,20,26)(H,21,27)(H,22,29)(H,23,28)(H,30,31). The van der Waals surface area contributed by atoms with E-state index in [2.05, 4.69) is 16.0 Å². The van der Waals surface area contributed by atoms with Gasteiger partial charge in [0.2, 0.25) is 29.5 Å². The summed E-state index contributed by atoms with van der Waals surface area (Å²) in [5, 5.41) is 24.7. The van der Waals surface area contributed by atoms with E-state index in [4.69, 9.17) is 27.4 Å². The normalized spacial score (nSPS) is 15.5. The molecule has 0 aromatic carbocycles. The zero-order valence-corrected chi connectivity index (χ0v) is 17.3. The average Bonchev–Trinajstić information content (AvgIpc) is 2.68. The van der Waals surface area contributed by atoms with Crippen LogP contribution in [0, 0.1) is 5.92 Å². The predicted molar refractivity (Wildman–Crippen MR) is 106 cm³/mol. The maximum absolute atomic E-state index is 12.7. The maximum Gasteiger partial charge on any atom is 0.326 e. The van der Waals surface area contributed by atoms with Gasteiger partial charge in [0.1, 0.15) is 24.2 Å². The van der Waals surface area contributed by atoms with Gasteiger partial charge in [-0.1, -0.05) is 20.3 Å². The Kier molecular flexibility index (Phi) is 11.7. The molecule has 0 aliphatic carbocycles. The third kappa shape index (κ3) is 9.86. The van der Waals surface area contributed by atoms with Crippen LogP contribution < -0.4 is 33.2 Å². The van der Waals surface area contributed by atoms with Crippen molar-refractivity contribution in [2.75, 3.05) is 6.61 Å². The zero-order valence-electron chi connectivity index (χ0n) is 17.3. The van der Waals surface area contributed by atoms with Crippen LogP contribution in [0.1, 0.15) is 33.1 Å². The third-order valence-electron chi connectivity index (χ3n) is 4.38. The lowest BCUT2D eigenvalue weighted by Gasteiger charge is -2.27. The average molecular weight is 446 g/mol. The second-order valence-corrected chi connectivity index (χ2v) is 6.96. The van der Waals surface area contributed by atoms with E-state index in [1.54, 1.807) is 13.8 Å². The number of carboxylic acid groups (broad SMARTS) is 1. The van der Waals surface area contributed by atoms with Gasteiger partial charge in [-0.3, -0.25) is 24.0 Å². The van der Waals surface area contributed by atoms with E-state index >= 15 is 0 Å². The number of carboxylic acids is 1. The molecular weight excluding hydrogens is 416 g/mol. The number of aliphatic hydroxyl groups is 1. The van der Waals surface area contributed by atoms with Crippen molar-refractivity contribution < 1.29 is 39.0 Å². The highest BCUT2D eigenvalue weighted by atomic mass is 16.4. The summed E-state index contributed by atoms with van der Waals surface area (Å²) in [6, 6.07) is -5.74. The van der Waals surface area contributed by atoms with Crippen LogP contribution in [0.2, 0.25) is 0 Å². The summed E-state index contributed by atoms with van der Waals surface area (Å²) in [7, 11) is 0. The van der Waals surface area contributed by atoms with Crippen LogP contribution >= 0.6 is 0 Å². The number of primary amides is 2. The minimum Gasteiger partial charge on any atom is -0.480 e. The zero-order chi connectivity index (χ0) is 24.3. The molecule has 0 aromatic rings. The van der Waals surface area contributed by atoms with E-state index in [1.165, 1.54) is 0 Å². The van der Waals surface area contributed by atoms with Gasteiger partial charge in [-0.2, -0.15) is 0 Å². The van der Waals surface area contributed by atoms with Crippen molar-refractivity contribution in [1.82, 2.24) is 16.0 Å². The molecule has 0 radical (unpaired) electrons.